The maximum absolute atomic E-state index is 13.2. The van der Waals surface area contributed by atoms with Gasteiger partial charge < -0.3 is 9.47 Å². The maximum Gasteiger partial charge on any atom is 0.335 e. The Morgan fingerprint density at radius 1 is 0.944 bits per heavy atom. The highest BCUT2D eigenvalue weighted by Gasteiger charge is 2.37. The largest absolute Gasteiger partial charge is 0.493 e. The quantitative estimate of drug-likeness (QED) is 0.294. The molecule has 4 rings (SSSR count). The normalized spacial score (nSPS) is 14.8. The van der Waals surface area contributed by atoms with Gasteiger partial charge in [0.25, 0.3) is 11.8 Å². The molecule has 1 saturated heterocycles. The summed E-state index contributed by atoms with van der Waals surface area (Å²) >= 11 is 18.5. The van der Waals surface area contributed by atoms with Crippen LogP contribution >= 0.6 is 34.8 Å². The first-order chi connectivity index (χ1) is 17.2. The molecule has 36 heavy (non-hydrogen) atoms. The topological polar surface area (TPSA) is 84.9 Å². The fourth-order valence-corrected chi connectivity index (χ4v) is 4.20. The second kappa shape index (κ2) is 10.6. The number of imide groups is 2. The van der Waals surface area contributed by atoms with Crippen molar-refractivity contribution >= 4 is 64.4 Å². The van der Waals surface area contributed by atoms with Crippen LogP contribution in [0.2, 0.25) is 15.1 Å². The summed E-state index contributed by atoms with van der Waals surface area (Å²) in [5, 5.41) is 3.22. The molecule has 4 amide bonds. The number of hydrogen-bond acceptors (Lipinski definition) is 5. The summed E-state index contributed by atoms with van der Waals surface area (Å²) in [6.45, 7) is 1.90. The molecule has 1 heterocycles. The van der Waals surface area contributed by atoms with E-state index in [4.69, 9.17) is 44.3 Å². The predicted octanol–water partition coefficient (Wildman–Crippen LogP) is 6.21. The molecule has 10 heteroatoms. The Kier molecular flexibility index (Phi) is 7.54. The number of ether oxygens (including phenoxy) is 2. The van der Waals surface area contributed by atoms with Crippen molar-refractivity contribution in [2.75, 3.05) is 12.0 Å². The van der Waals surface area contributed by atoms with Gasteiger partial charge in [0.15, 0.2) is 11.5 Å². The van der Waals surface area contributed by atoms with Crippen molar-refractivity contribution in [2.45, 2.75) is 13.5 Å². The summed E-state index contributed by atoms with van der Waals surface area (Å²) in [7, 11) is 1.44. The first-order valence-electron chi connectivity index (χ1n) is 10.6. The SMILES string of the molecule is COc1cc(/C=C2\C(=O)NC(=O)N(c3ccccc3C)C2=O)cc(Cl)c1OCc1ccc(Cl)c(Cl)c1. The van der Waals surface area contributed by atoms with E-state index in [2.05, 4.69) is 5.32 Å². The number of anilines is 1. The number of nitrogens with zero attached hydrogens (tertiary/aromatic N) is 1. The molecular formula is C26H19Cl3N2O5. The van der Waals surface area contributed by atoms with Crippen molar-refractivity contribution in [2.24, 2.45) is 0 Å². The number of para-hydroxylation sites is 1. The van der Waals surface area contributed by atoms with Crippen LogP contribution in [-0.4, -0.2) is 25.0 Å². The highest BCUT2D eigenvalue weighted by atomic mass is 35.5. The van der Waals surface area contributed by atoms with E-state index in [9.17, 15) is 14.4 Å². The third-order valence-corrected chi connectivity index (χ3v) is 6.41. The van der Waals surface area contributed by atoms with E-state index < -0.39 is 17.8 Å². The van der Waals surface area contributed by atoms with Gasteiger partial charge in [-0.15, -0.1) is 0 Å². The van der Waals surface area contributed by atoms with E-state index in [1.165, 1.54) is 19.3 Å². The van der Waals surface area contributed by atoms with Crippen molar-refractivity contribution in [3.63, 3.8) is 0 Å². The van der Waals surface area contributed by atoms with Gasteiger partial charge in [-0.25, -0.2) is 9.69 Å². The molecule has 0 spiro atoms. The Morgan fingerprint density at radius 2 is 1.69 bits per heavy atom. The highest BCUT2D eigenvalue weighted by Crippen LogP contribution is 2.38. The highest BCUT2D eigenvalue weighted by molar-refractivity contribution is 6.42. The predicted molar refractivity (Wildman–Crippen MR) is 139 cm³/mol. The van der Waals surface area contributed by atoms with Gasteiger partial charge in [-0.1, -0.05) is 59.1 Å². The first kappa shape index (κ1) is 25.6. The summed E-state index contributed by atoms with van der Waals surface area (Å²) in [6.07, 6.45) is 1.34. The van der Waals surface area contributed by atoms with Crippen LogP contribution in [0.1, 0.15) is 16.7 Å². The lowest BCUT2D eigenvalue weighted by molar-refractivity contribution is -0.122. The van der Waals surface area contributed by atoms with Crippen LogP contribution in [0.5, 0.6) is 11.5 Å². The summed E-state index contributed by atoms with van der Waals surface area (Å²) in [5.41, 5.74) is 2.00. The van der Waals surface area contributed by atoms with Gasteiger partial charge in [-0.05, 0) is 60.0 Å². The van der Waals surface area contributed by atoms with Crippen LogP contribution in [0.25, 0.3) is 6.08 Å². The van der Waals surface area contributed by atoms with Gasteiger partial charge in [0.2, 0.25) is 0 Å². The van der Waals surface area contributed by atoms with Crippen molar-refractivity contribution in [3.05, 3.63) is 91.9 Å². The number of rotatable bonds is 6. The number of amides is 4. The van der Waals surface area contributed by atoms with Gasteiger partial charge in [0.1, 0.15) is 12.2 Å². The fourth-order valence-electron chi connectivity index (χ4n) is 3.61. The molecule has 0 saturated carbocycles. The molecular weight excluding hydrogens is 527 g/mol. The zero-order valence-electron chi connectivity index (χ0n) is 19.1. The number of carbonyl (C=O) groups is 3. The maximum atomic E-state index is 13.2. The third-order valence-electron chi connectivity index (χ3n) is 5.39. The number of nitrogens with one attached hydrogen (secondary N) is 1. The van der Waals surface area contributed by atoms with Crippen LogP contribution in [0, 0.1) is 6.92 Å². The molecule has 7 nitrogen and oxygen atoms in total. The average molecular weight is 546 g/mol. The molecule has 1 fully saturated rings. The zero-order chi connectivity index (χ0) is 26.0. The third kappa shape index (κ3) is 5.18. The summed E-state index contributed by atoms with van der Waals surface area (Å²) in [4.78, 5) is 39.1. The number of urea groups is 1. The Balaban J connectivity index is 1.64. The minimum atomic E-state index is -0.821. The fraction of sp³-hybridized carbons (Fsp3) is 0.115. The van der Waals surface area contributed by atoms with Gasteiger partial charge >= 0.3 is 6.03 Å². The molecule has 3 aromatic carbocycles. The molecule has 3 aromatic rings. The number of aryl methyl sites for hydroxylation is 1. The second-order valence-corrected chi connectivity index (χ2v) is 9.04. The number of benzene rings is 3. The van der Waals surface area contributed by atoms with Crippen LogP contribution in [-0.2, 0) is 16.2 Å². The zero-order valence-corrected chi connectivity index (χ0v) is 21.4. The molecule has 0 unspecified atom stereocenters. The van der Waals surface area contributed by atoms with Crippen molar-refractivity contribution in [3.8, 4) is 11.5 Å². The van der Waals surface area contributed by atoms with E-state index in [0.717, 1.165) is 10.5 Å². The van der Waals surface area contributed by atoms with Crippen LogP contribution in [0.4, 0.5) is 10.5 Å². The van der Waals surface area contributed by atoms with Gasteiger partial charge in [0, 0.05) is 0 Å². The summed E-state index contributed by atoms with van der Waals surface area (Å²) in [6, 6.07) is 14.2. The lowest BCUT2D eigenvalue weighted by Gasteiger charge is -2.27. The molecule has 0 atom stereocenters. The Labute approximate surface area is 222 Å². The van der Waals surface area contributed by atoms with Crippen LogP contribution < -0.4 is 19.7 Å². The van der Waals surface area contributed by atoms with Crippen molar-refractivity contribution < 1.29 is 23.9 Å². The summed E-state index contributed by atoms with van der Waals surface area (Å²) < 4.78 is 11.3. The lowest BCUT2D eigenvalue weighted by atomic mass is 10.1. The van der Waals surface area contributed by atoms with Crippen molar-refractivity contribution in [1.82, 2.24) is 5.32 Å². The average Bonchev–Trinajstić information content (AvgIpc) is 2.84. The molecule has 0 aromatic heterocycles. The van der Waals surface area contributed by atoms with E-state index in [1.807, 2.05) is 0 Å². The number of hydrogen-bond donors (Lipinski definition) is 1. The minimum absolute atomic E-state index is 0.141. The molecule has 0 aliphatic carbocycles. The number of halogens is 3. The minimum Gasteiger partial charge on any atom is -0.493 e. The first-order valence-corrected chi connectivity index (χ1v) is 11.7. The Bertz CT molecular complexity index is 1420. The Hall–Kier alpha value is -3.52. The smallest absolute Gasteiger partial charge is 0.335 e. The van der Waals surface area contributed by atoms with Gasteiger partial charge in [-0.3, -0.25) is 14.9 Å². The van der Waals surface area contributed by atoms with Crippen molar-refractivity contribution in [1.29, 1.82) is 0 Å². The monoisotopic (exact) mass is 544 g/mol. The number of barbiturate groups is 1. The molecule has 1 aliphatic rings. The van der Waals surface area contributed by atoms with Gasteiger partial charge in [-0.2, -0.15) is 0 Å². The standard InChI is InChI=1S/C26H19Cl3N2O5/c1-14-5-3-4-6-21(14)31-25(33)17(24(32)30-26(31)34)9-16-11-20(29)23(22(12-16)35-2)36-13-15-7-8-18(27)19(28)10-15/h3-12H,13H2,1-2H3,(H,30,32,34)/b17-9+. The molecule has 184 valence electrons. The Morgan fingerprint density at radius 3 is 2.39 bits per heavy atom. The summed E-state index contributed by atoms with van der Waals surface area (Å²) in [5.74, 6) is -1.02. The molecule has 0 radical (unpaired) electrons. The molecule has 1 aliphatic heterocycles. The van der Waals surface area contributed by atoms with Gasteiger partial charge in [0.05, 0.1) is 27.9 Å². The number of carbonyl (C=O) groups excluding carboxylic acids is 3. The van der Waals surface area contributed by atoms with Crippen LogP contribution in [0.15, 0.2) is 60.2 Å². The lowest BCUT2D eigenvalue weighted by Crippen LogP contribution is -2.54. The molecule has 0 bridgehead atoms. The van der Waals surface area contributed by atoms with Crippen LogP contribution in [0.3, 0.4) is 0 Å². The van der Waals surface area contributed by atoms with E-state index in [-0.39, 0.29) is 28.7 Å². The number of methoxy groups -OCH3 is 1. The van der Waals surface area contributed by atoms with E-state index in [1.54, 1.807) is 55.5 Å². The second-order valence-electron chi connectivity index (χ2n) is 7.82. The van der Waals surface area contributed by atoms with E-state index in [0.29, 0.717) is 26.9 Å². The van der Waals surface area contributed by atoms with E-state index >= 15 is 0 Å². The molecule has 1 N–H and O–H groups in total.